The van der Waals surface area contributed by atoms with Crippen molar-refractivity contribution >= 4 is 5.71 Å². The van der Waals surface area contributed by atoms with E-state index in [9.17, 15) is 0 Å². The minimum absolute atomic E-state index is 0.935. The fourth-order valence-corrected chi connectivity index (χ4v) is 1.23. The van der Waals surface area contributed by atoms with Crippen LogP contribution in [-0.2, 0) is 0 Å². The number of hydrogen-bond donors (Lipinski definition) is 2. The number of hydrogen-bond acceptors (Lipinski definition) is 4. The first-order valence-corrected chi connectivity index (χ1v) is 4.79. The van der Waals surface area contributed by atoms with Gasteiger partial charge in [-0.15, -0.1) is 0 Å². The van der Waals surface area contributed by atoms with E-state index in [1.165, 1.54) is 0 Å². The minimum Gasteiger partial charge on any atom is -0.411 e. The highest BCUT2D eigenvalue weighted by atomic mass is 16.4. The zero-order valence-corrected chi connectivity index (χ0v) is 8.88. The Morgan fingerprint density at radius 2 is 1.85 bits per heavy atom. The van der Waals surface area contributed by atoms with Crippen LogP contribution in [0.5, 0.6) is 0 Å². The monoisotopic (exact) mass is 187 g/mol. The minimum atomic E-state index is 0.935. The highest BCUT2D eigenvalue weighted by Gasteiger charge is 2.12. The van der Waals surface area contributed by atoms with Crippen molar-refractivity contribution in [2.45, 2.75) is 19.8 Å². The molecule has 0 bridgehead atoms. The number of oxime groups is 1. The van der Waals surface area contributed by atoms with Gasteiger partial charge in [-0.3, -0.25) is 0 Å². The Hall–Kier alpha value is -0.610. The average Bonchev–Trinajstić information content (AvgIpc) is 2.19. The lowest BCUT2D eigenvalue weighted by molar-refractivity contribution is 0.274. The molecule has 13 heavy (non-hydrogen) atoms. The van der Waals surface area contributed by atoms with E-state index in [1.807, 2.05) is 14.1 Å². The van der Waals surface area contributed by atoms with Gasteiger partial charge in [0.05, 0.1) is 5.71 Å². The molecule has 1 saturated heterocycles. The van der Waals surface area contributed by atoms with Gasteiger partial charge in [-0.1, -0.05) is 12.1 Å². The van der Waals surface area contributed by atoms with Gasteiger partial charge in [-0.2, -0.15) is 0 Å². The maximum absolute atomic E-state index is 8.42. The van der Waals surface area contributed by atoms with Crippen molar-refractivity contribution < 1.29 is 5.21 Å². The van der Waals surface area contributed by atoms with Crippen LogP contribution in [-0.4, -0.2) is 49.5 Å². The molecule has 4 heteroatoms. The third-order valence-electron chi connectivity index (χ3n) is 2.02. The Bertz CT molecular complexity index is 138. The van der Waals surface area contributed by atoms with Crippen LogP contribution in [0, 0.1) is 0 Å². The number of rotatable bonds is 1. The Morgan fingerprint density at radius 3 is 2.15 bits per heavy atom. The summed E-state index contributed by atoms with van der Waals surface area (Å²) in [7, 11) is 3.75. The van der Waals surface area contributed by atoms with Crippen LogP contribution in [0.4, 0.5) is 0 Å². The van der Waals surface area contributed by atoms with Crippen molar-refractivity contribution in [1.29, 1.82) is 0 Å². The Kier molecular flexibility index (Phi) is 7.63. The predicted molar refractivity (Wildman–Crippen MR) is 55.6 cm³/mol. The van der Waals surface area contributed by atoms with Crippen LogP contribution in [0.25, 0.3) is 0 Å². The molecule has 0 atom stereocenters. The molecule has 0 aromatic rings. The summed E-state index contributed by atoms with van der Waals surface area (Å²) in [4.78, 5) is 2.36. The SMILES string of the molecule is CCN1CCC(=NO)CC1.CNC. The van der Waals surface area contributed by atoms with Gasteiger partial charge in [0.25, 0.3) is 0 Å². The number of nitrogens with one attached hydrogen (secondary N) is 1. The van der Waals surface area contributed by atoms with Crippen molar-refractivity contribution in [3.05, 3.63) is 0 Å². The Labute approximate surface area is 80.6 Å². The average molecular weight is 187 g/mol. The van der Waals surface area contributed by atoms with Crippen LogP contribution >= 0.6 is 0 Å². The van der Waals surface area contributed by atoms with Crippen molar-refractivity contribution in [3.8, 4) is 0 Å². The fraction of sp³-hybridized carbons (Fsp3) is 0.889. The second-order valence-electron chi connectivity index (χ2n) is 3.10. The zero-order chi connectivity index (χ0) is 10.1. The van der Waals surface area contributed by atoms with Crippen molar-refractivity contribution in [2.75, 3.05) is 33.7 Å². The summed E-state index contributed by atoms with van der Waals surface area (Å²) >= 11 is 0. The first-order chi connectivity index (χ1) is 6.28. The van der Waals surface area contributed by atoms with Crippen molar-refractivity contribution in [1.82, 2.24) is 10.2 Å². The molecule has 1 aliphatic rings. The van der Waals surface area contributed by atoms with Gasteiger partial charge in [-0.05, 0) is 20.6 Å². The largest absolute Gasteiger partial charge is 0.411 e. The lowest BCUT2D eigenvalue weighted by Crippen LogP contribution is -2.33. The van der Waals surface area contributed by atoms with Gasteiger partial charge in [0.15, 0.2) is 0 Å². The summed E-state index contributed by atoms with van der Waals surface area (Å²) < 4.78 is 0. The summed E-state index contributed by atoms with van der Waals surface area (Å²) in [5.74, 6) is 0. The van der Waals surface area contributed by atoms with Gasteiger partial charge in [0.2, 0.25) is 0 Å². The molecule has 4 nitrogen and oxygen atoms in total. The third-order valence-corrected chi connectivity index (χ3v) is 2.02. The molecule has 0 unspecified atom stereocenters. The van der Waals surface area contributed by atoms with E-state index < -0.39 is 0 Å². The predicted octanol–water partition coefficient (Wildman–Crippen LogP) is 0.768. The molecule has 1 fully saturated rings. The molecule has 0 radical (unpaired) electrons. The molecule has 78 valence electrons. The topological polar surface area (TPSA) is 47.9 Å². The van der Waals surface area contributed by atoms with Crippen LogP contribution < -0.4 is 5.32 Å². The van der Waals surface area contributed by atoms with Gasteiger partial charge >= 0.3 is 0 Å². The number of piperidine rings is 1. The molecule has 0 spiro atoms. The van der Waals surface area contributed by atoms with E-state index in [1.54, 1.807) is 0 Å². The summed E-state index contributed by atoms with van der Waals surface area (Å²) in [6.45, 7) is 5.37. The first kappa shape index (κ1) is 12.4. The van der Waals surface area contributed by atoms with Crippen molar-refractivity contribution in [2.24, 2.45) is 5.16 Å². The maximum Gasteiger partial charge on any atom is 0.0596 e. The van der Waals surface area contributed by atoms with E-state index in [0.717, 1.165) is 38.2 Å². The molecule has 0 aromatic carbocycles. The van der Waals surface area contributed by atoms with Gasteiger partial charge < -0.3 is 15.4 Å². The zero-order valence-electron chi connectivity index (χ0n) is 8.88. The Balaban J connectivity index is 0.000000424. The number of nitrogens with zero attached hydrogens (tertiary/aromatic N) is 2. The fourth-order valence-electron chi connectivity index (χ4n) is 1.23. The molecule has 0 aliphatic carbocycles. The normalized spacial score (nSPS) is 17.6. The van der Waals surface area contributed by atoms with E-state index >= 15 is 0 Å². The molecular weight excluding hydrogens is 166 g/mol. The second-order valence-corrected chi connectivity index (χ2v) is 3.10. The molecule has 0 saturated carbocycles. The molecule has 2 N–H and O–H groups in total. The van der Waals surface area contributed by atoms with Gasteiger partial charge in [0.1, 0.15) is 0 Å². The maximum atomic E-state index is 8.42. The summed E-state index contributed by atoms with van der Waals surface area (Å²) in [6, 6.07) is 0. The van der Waals surface area contributed by atoms with Gasteiger partial charge in [0, 0.05) is 25.9 Å². The van der Waals surface area contributed by atoms with Crippen molar-refractivity contribution in [3.63, 3.8) is 0 Å². The molecule has 0 aromatic heterocycles. The summed E-state index contributed by atoms with van der Waals surface area (Å²) in [5, 5.41) is 14.4. The second kappa shape index (κ2) is 8.01. The summed E-state index contributed by atoms with van der Waals surface area (Å²) in [5.41, 5.74) is 0.949. The quantitative estimate of drug-likeness (QED) is 0.471. The van der Waals surface area contributed by atoms with E-state index in [0.29, 0.717) is 0 Å². The highest BCUT2D eigenvalue weighted by Crippen LogP contribution is 2.05. The highest BCUT2D eigenvalue weighted by molar-refractivity contribution is 5.84. The molecule has 0 amide bonds. The first-order valence-electron chi connectivity index (χ1n) is 4.79. The lowest BCUT2D eigenvalue weighted by atomic mass is 10.1. The lowest BCUT2D eigenvalue weighted by Gasteiger charge is -2.24. The summed E-state index contributed by atoms with van der Waals surface area (Å²) in [6.07, 6.45) is 1.87. The third kappa shape index (κ3) is 5.60. The molecule has 1 aliphatic heterocycles. The molecule has 1 rings (SSSR count). The standard InChI is InChI=1S/C7H14N2O.C2H7N/c1-2-9-5-3-7(8-10)4-6-9;1-3-2/h10H,2-6H2,1H3;3H,1-2H3. The smallest absolute Gasteiger partial charge is 0.0596 e. The van der Waals surface area contributed by atoms with Gasteiger partial charge in [-0.25, -0.2) is 0 Å². The van der Waals surface area contributed by atoms with Crippen LogP contribution in [0.2, 0.25) is 0 Å². The van der Waals surface area contributed by atoms with E-state index in [2.05, 4.69) is 22.3 Å². The number of likely N-dealkylation sites (tertiary alicyclic amines) is 1. The molecular formula is C9H21N3O. The Morgan fingerprint density at radius 1 is 1.38 bits per heavy atom. The van der Waals surface area contributed by atoms with E-state index in [4.69, 9.17) is 5.21 Å². The van der Waals surface area contributed by atoms with Crippen LogP contribution in [0.15, 0.2) is 5.16 Å². The van der Waals surface area contributed by atoms with Crippen LogP contribution in [0.3, 0.4) is 0 Å². The molecule has 1 heterocycles. The van der Waals surface area contributed by atoms with E-state index in [-0.39, 0.29) is 0 Å². The van der Waals surface area contributed by atoms with Crippen LogP contribution in [0.1, 0.15) is 19.8 Å².